The summed E-state index contributed by atoms with van der Waals surface area (Å²) in [6, 6.07) is 5.70. The first-order chi connectivity index (χ1) is 13.8. The smallest absolute Gasteiger partial charge is 0.417 e. The highest BCUT2D eigenvalue weighted by Gasteiger charge is 2.32. The topological polar surface area (TPSA) is 94.7 Å². The van der Waals surface area contributed by atoms with Gasteiger partial charge in [-0.1, -0.05) is 17.7 Å². The number of alkyl halides is 3. The van der Waals surface area contributed by atoms with Gasteiger partial charge in [0.15, 0.2) is 11.5 Å². The number of rotatable bonds is 6. The fraction of sp³-hybridized carbons (Fsp3) is 0.118. The Kier molecular flexibility index (Phi) is 6.09. The molecule has 3 aromatic rings. The van der Waals surface area contributed by atoms with Gasteiger partial charge in [-0.25, -0.2) is 9.97 Å². The summed E-state index contributed by atoms with van der Waals surface area (Å²) in [4.78, 5) is 7.68. The van der Waals surface area contributed by atoms with Crippen molar-refractivity contribution in [2.45, 2.75) is 6.18 Å². The number of ether oxygens (including phenoxy) is 2. The minimum Gasteiger partial charge on any atom is -0.493 e. The molecule has 0 amide bonds. The SMILES string of the molecule is COc1cccc(C=NNc2nc(N)cs2)c1Oc1ncc(C(F)(F)F)cc1Cl. The third-order valence-corrected chi connectivity index (χ3v) is 4.48. The number of hydrogen-bond acceptors (Lipinski definition) is 8. The van der Waals surface area contributed by atoms with Gasteiger partial charge in [-0.3, -0.25) is 5.43 Å². The molecule has 3 N–H and O–H groups in total. The molecule has 0 atom stereocenters. The van der Waals surface area contributed by atoms with Gasteiger partial charge >= 0.3 is 6.18 Å². The molecule has 12 heteroatoms. The van der Waals surface area contributed by atoms with Crippen molar-refractivity contribution in [1.82, 2.24) is 9.97 Å². The van der Waals surface area contributed by atoms with Crippen LogP contribution >= 0.6 is 22.9 Å². The molecule has 0 fully saturated rings. The number of aromatic nitrogens is 2. The van der Waals surface area contributed by atoms with E-state index < -0.39 is 11.7 Å². The number of pyridine rings is 1. The number of para-hydroxylation sites is 1. The monoisotopic (exact) mass is 443 g/mol. The largest absolute Gasteiger partial charge is 0.493 e. The molecule has 3 rings (SSSR count). The van der Waals surface area contributed by atoms with Gasteiger partial charge in [0.1, 0.15) is 10.8 Å². The molecule has 152 valence electrons. The number of hydrazone groups is 1. The Labute approximate surface area is 172 Å². The normalized spacial score (nSPS) is 11.6. The van der Waals surface area contributed by atoms with Crippen LogP contribution in [0.5, 0.6) is 17.4 Å². The first-order valence-electron chi connectivity index (χ1n) is 7.85. The lowest BCUT2D eigenvalue weighted by atomic mass is 10.2. The maximum atomic E-state index is 12.8. The Morgan fingerprint density at radius 3 is 2.76 bits per heavy atom. The number of nitrogens with one attached hydrogen (secondary N) is 1. The third-order valence-electron chi connectivity index (χ3n) is 3.45. The Balaban J connectivity index is 1.88. The standard InChI is InChI=1S/C17H13ClF3N5O2S/c1-27-12-4-2-3-9(6-24-26-16-25-13(22)8-29-16)14(12)28-15-11(18)5-10(7-23-15)17(19,20)21/h2-8H,22H2,1H3,(H,25,26). The molecule has 2 heterocycles. The van der Waals surface area contributed by atoms with E-state index in [0.29, 0.717) is 28.5 Å². The second-order valence-electron chi connectivity index (χ2n) is 5.44. The van der Waals surface area contributed by atoms with E-state index in [1.165, 1.54) is 24.7 Å². The second-order valence-corrected chi connectivity index (χ2v) is 6.70. The van der Waals surface area contributed by atoms with Crippen LogP contribution in [0.25, 0.3) is 0 Å². The second kappa shape index (κ2) is 8.53. The Morgan fingerprint density at radius 1 is 1.34 bits per heavy atom. The fourth-order valence-corrected chi connectivity index (χ4v) is 2.90. The van der Waals surface area contributed by atoms with Gasteiger partial charge in [0.25, 0.3) is 0 Å². The van der Waals surface area contributed by atoms with Crippen molar-refractivity contribution in [1.29, 1.82) is 0 Å². The van der Waals surface area contributed by atoms with E-state index in [-0.39, 0.29) is 16.7 Å². The lowest BCUT2D eigenvalue weighted by Crippen LogP contribution is -2.06. The zero-order chi connectivity index (χ0) is 21.0. The summed E-state index contributed by atoms with van der Waals surface area (Å²) in [6.45, 7) is 0. The molecule has 7 nitrogen and oxygen atoms in total. The third kappa shape index (κ3) is 5.06. The van der Waals surface area contributed by atoms with Gasteiger partial charge in [-0.15, -0.1) is 11.3 Å². The molecule has 0 unspecified atom stereocenters. The molecule has 0 radical (unpaired) electrons. The first kappa shape index (κ1) is 20.7. The molecule has 0 aliphatic heterocycles. The molecular weight excluding hydrogens is 431 g/mol. The minimum atomic E-state index is -4.57. The number of hydrogen-bond donors (Lipinski definition) is 2. The number of anilines is 2. The molecule has 0 saturated heterocycles. The van der Waals surface area contributed by atoms with Crippen LogP contribution < -0.4 is 20.6 Å². The number of methoxy groups -OCH3 is 1. The molecule has 29 heavy (non-hydrogen) atoms. The van der Waals surface area contributed by atoms with E-state index >= 15 is 0 Å². The summed E-state index contributed by atoms with van der Waals surface area (Å²) >= 11 is 7.20. The highest BCUT2D eigenvalue weighted by atomic mass is 35.5. The Morgan fingerprint density at radius 2 is 2.14 bits per heavy atom. The van der Waals surface area contributed by atoms with Gasteiger partial charge in [0, 0.05) is 17.1 Å². The minimum absolute atomic E-state index is 0.174. The summed E-state index contributed by atoms with van der Waals surface area (Å²) in [5.41, 5.74) is 7.73. The summed E-state index contributed by atoms with van der Waals surface area (Å²) in [7, 11) is 1.42. The Bertz CT molecular complexity index is 1040. The lowest BCUT2D eigenvalue weighted by Gasteiger charge is -2.14. The van der Waals surface area contributed by atoms with Crippen LogP contribution in [0.3, 0.4) is 0 Å². The van der Waals surface area contributed by atoms with Crippen molar-refractivity contribution < 1.29 is 22.6 Å². The van der Waals surface area contributed by atoms with Crippen molar-refractivity contribution in [2.24, 2.45) is 5.10 Å². The summed E-state index contributed by atoms with van der Waals surface area (Å²) in [6.07, 6.45) is -2.51. The van der Waals surface area contributed by atoms with Gasteiger partial charge in [0.05, 0.1) is 18.9 Å². The average Bonchev–Trinajstić information content (AvgIpc) is 3.08. The van der Waals surface area contributed by atoms with E-state index in [1.54, 1.807) is 23.6 Å². The zero-order valence-corrected chi connectivity index (χ0v) is 16.3. The fourth-order valence-electron chi connectivity index (χ4n) is 2.15. The van der Waals surface area contributed by atoms with Gasteiger partial charge in [0.2, 0.25) is 11.0 Å². The van der Waals surface area contributed by atoms with E-state index in [2.05, 4.69) is 20.5 Å². The molecule has 0 spiro atoms. The van der Waals surface area contributed by atoms with Crippen molar-refractivity contribution in [3.63, 3.8) is 0 Å². The first-order valence-corrected chi connectivity index (χ1v) is 9.11. The number of nitrogen functional groups attached to an aromatic ring is 1. The van der Waals surface area contributed by atoms with Gasteiger partial charge in [-0.2, -0.15) is 18.3 Å². The number of nitrogens with zero attached hydrogens (tertiary/aromatic N) is 3. The number of nitrogens with two attached hydrogens (primary N) is 1. The maximum Gasteiger partial charge on any atom is 0.417 e. The van der Waals surface area contributed by atoms with Crippen LogP contribution in [0.15, 0.2) is 40.9 Å². The Hall–Kier alpha value is -3.05. The van der Waals surface area contributed by atoms with Gasteiger partial charge in [-0.05, 0) is 18.2 Å². The van der Waals surface area contributed by atoms with Crippen LogP contribution in [-0.2, 0) is 6.18 Å². The van der Waals surface area contributed by atoms with Crippen LogP contribution in [0.4, 0.5) is 24.1 Å². The van der Waals surface area contributed by atoms with E-state index in [0.717, 1.165) is 6.07 Å². The highest BCUT2D eigenvalue weighted by Crippen LogP contribution is 2.38. The molecule has 0 saturated carbocycles. The molecular formula is C17H13ClF3N5O2S. The van der Waals surface area contributed by atoms with E-state index in [4.69, 9.17) is 26.8 Å². The molecule has 0 aliphatic carbocycles. The van der Waals surface area contributed by atoms with E-state index in [9.17, 15) is 13.2 Å². The predicted molar refractivity (Wildman–Crippen MR) is 105 cm³/mol. The average molecular weight is 444 g/mol. The molecule has 1 aromatic carbocycles. The zero-order valence-electron chi connectivity index (χ0n) is 14.7. The summed E-state index contributed by atoms with van der Waals surface area (Å²) < 4.78 is 49.3. The van der Waals surface area contributed by atoms with Gasteiger partial charge < -0.3 is 15.2 Å². The molecule has 0 aliphatic rings. The molecule has 2 aromatic heterocycles. The summed E-state index contributed by atoms with van der Waals surface area (Å²) in [5.74, 6) is 0.638. The summed E-state index contributed by atoms with van der Waals surface area (Å²) in [5, 5.41) is 5.88. The maximum absolute atomic E-state index is 12.8. The molecule has 0 bridgehead atoms. The van der Waals surface area contributed by atoms with Crippen molar-refractivity contribution in [3.05, 3.63) is 52.0 Å². The van der Waals surface area contributed by atoms with Crippen LogP contribution in [-0.4, -0.2) is 23.3 Å². The number of benzene rings is 1. The predicted octanol–water partition coefficient (Wildman–Crippen LogP) is 5.04. The number of halogens is 4. The van der Waals surface area contributed by atoms with Crippen LogP contribution in [0, 0.1) is 0 Å². The van der Waals surface area contributed by atoms with Crippen LogP contribution in [0.1, 0.15) is 11.1 Å². The van der Waals surface area contributed by atoms with Crippen molar-refractivity contribution >= 4 is 40.1 Å². The lowest BCUT2D eigenvalue weighted by molar-refractivity contribution is -0.137. The van der Waals surface area contributed by atoms with Crippen LogP contribution in [0.2, 0.25) is 5.02 Å². The highest BCUT2D eigenvalue weighted by molar-refractivity contribution is 7.14. The van der Waals surface area contributed by atoms with Crippen molar-refractivity contribution in [3.8, 4) is 17.4 Å². The quantitative estimate of drug-likeness (QED) is 0.409. The number of thiazole rings is 1. The van der Waals surface area contributed by atoms with E-state index in [1.807, 2.05) is 0 Å². The van der Waals surface area contributed by atoms with Crippen molar-refractivity contribution in [2.75, 3.05) is 18.3 Å².